The molecule has 1 amide bonds. The van der Waals surface area contributed by atoms with Crippen LogP contribution in [-0.4, -0.2) is 48.3 Å². The van der Waals surface area contributed by atoms with Crippen molar-refractivity contribution in [2.24, 2.45) is 5.92 Å². The SMILES string of the molecule is COc1ccc(C(=O)NC(C(=O)O)C2CCCOC2)cn1. The van der Waals surface area contributed by atoms with Gasteiger partial charge in [-0.15, -0.1) is 0 Å². The molecule has 2 unspecified atom stereocenters. The molecular weight excluding hydrogens is 276 g/mol. The zero-order valence-corrected chi connectivity index (χ0v) is 11.7. The Morgan fingerprint density at radius 2 is 2.33 bits per heavy atom. The van der Waals surface area contributed by atoms with Crippen LogP contribution in [-0.2, 0) is 9.53 Å². The van der Waals surface area contributed by atoms with E-state index in [9.17, 15) is 14.7 Å². The van der Waals surface area contributed by atoms with Crippen LogP contribution >= 0.6 is 0 Å². The number of aromatic nitrogens is 1. The Morgan fingerprint density at radius 3 is 2.86 bits per heavy atom. The zero-order valence-electron chi connectivity index (χ0n) is 11.7. The Hall–Kier alpha value is -2.15. The van der Waals surface area contributed by atoms with Crippen molar-refractivity contribution in [3.05, 3.63) is 23.9 Å². The second kappa shape index (κ2) is 7.03. The van der Waals surface area contributed by atoms with E-state index in [1.807, 2.05) is 0 Å². The molecule has 2 heterocycles. The third-order valence-corrected chi connectivity index (χ3v) is 3.43. The minimum Gasteiger partial charge on any atom is -0.481 e. The average molecular weight is 294 g/mol. The van der Waals surface area contributed by atoms with E-state index in [0.29, 0.717) is 24.7 Å². The summed E-state index contributed by atoms with van der Waals surface area (Å²) in [5, 5.41) is 11.8. The molecule has 0 bridgehead atoms. The van der Waals surface area contributed by atoms with E-state index in [1.54, 1.807) is 6.07 Å². The molecule has 7 nitrogen and oxygen atoms in total. The number of carboxylic acid groups (broad SMARTS) is 1. The lowest BCUT2D eigenvalue weighted by Gasteiger charge is -2.28. The molecule has 1 aromatic heterocycles. The smallest absolute Gasteiger partial charge is 0.326 e. The third kappa shape index (κ3) is 3.91. The van der Waals surface area contributed by atoms with Crippen molar-refractivity contribution in [3.63, 3.8) is 0 Å². The monoisotopic (exact) mass is 294 g/mol. The fourth-order valence-corrected chi connectivity index (χ4v) is 2.27. The van der Waals surface area contributed by atoms with Crippen molar-refractivity contribution in [3.8, 4) is 5.88 Å². The average Bonchev–Trinajstić information content (AvgIpc) is 2.53. The number of hydrogen-bond donors (Lipinski definition) is 2. The summed E-state index contributed by atoms with van der Waals surface area (Å²) in [4.78, 5) is 27.4. The number of amides is 1. The highest BCUT2D eigenvalue weighted by Gasteiger charge is 2.31. The number of pyridine rings is 1. The van der Waals surface area contributed by atoms with Gasteiger partial charge in [0.25, 0.3) is 5.91 Å². The van der Waals surface area contributed by atoms with Crippen molar-refractivity contribution >= 4 is 11.9 Å². The van der Waals surface area contributed by atoms with Crippen LogP contribution in [0.25, 0.3) is 0 Å². The van der Waals surface area contributed by atoms with Gasteiger partial charge in [0.05, 0.1) is 19.3 Å². The molecule has 2 rings (SSSR count). The van der Waals surface area contributed by atoms with E-state index in [0.717, 1.165) is 12.8 Å². The normalized spacial score (nSPS) is 19.6. The molecule has 0 saturated carbocycles. The second-order valence-corrected chi connectivity index (χ2v) is 4.86. The Kier molecular flexibility index (Phi) is 5.10. The molecule has 2 atom stereocenters. The van der Waals surface area contributed by atoms with E-state index in [-0.39, 0.29) is 5.92 Å². The van der Waals surface area contributed by atoms with Gasteiger partial charge in [0.15, 0.2) is 0 Å². The maximum atomic E-state index is 12.1. The predicted molar refractivity (Wildman–Crippen MR) is 73.2 cm³/mol. The first-order valence-electron chi connectivity index (χ1n) is 6.73. The highest BCUT2D eigenvalue weighted by molar-refractivity contribution is 5.96. The van der Waals surface area contributed by atoms with Gasteiger partial charge in [-0.05, 0) is 18.9 Å². The Bertz CT molecular complexity index is 497. The Balaban J connectivity index is 2.04. The van der Waals surface area contributed by atoms with Gasteiger partial charge in [0, 0.05) is 24.8 Å². The van der Waals surface area contributed by atoms with Crippen LogP contribution in [0, 0.1) is 5.92 Å². The molecule has 21 heavy (non-hydrogen) atoms. The van der Waals surface area contributed by atoms with Gasteiger partial charge in [-0.2, -0.15) is 0 Å². The molecule has 2 N–H and O–H groups in total. The zero-order chi connectivity index (χ0) is 15.2. The molecule has 1 aliphatic rings. The van der Waals surface area contributed by atoms with Crippen LogP contribution in [0.3, 0.4) is 0 Å². The highest BCUT2D eigenvalue weighted by atomic mass is 16.5. The fourth-order valence-electron chi connectivity index (χ4n) is 2.27. The highest BCUT2D eigenvalue weighted by Crippen LogP contribution is 2.18. The number of aliphatic carboxylic acids is 1. The second-order valence-electron chi connectivity index (χ2n) is 4.86. The van der Waals surface area contributed by atoms with Crippen molar-refractivity contribution in [1.29, 1.82) is 0 Å². The van der Waals surface area contributed by atoms with Crippen LogP contribution in [0.5, 0.6) is 5.88 Å². The summed E-state index contributed by atoms with van der Waals surface area (Å²) in [6, 6.07) is 2.13. The van der Waals surface area contributed by atoms with Crippen molar-refractivity contribution in [1.82, 2.24) is 10.3 Å². The van der Waals surface area contributed by atoms with Gasteiger partial charge >= 0.3 is 5.97 Å². The van der Waals surface area contributed by atoms with E-state index in [4.69, 9.17) is 9.47 Å². The van der Waals surface area contributed by atoms with Gasteiger partial charge < -0.3 is 19.9 Å². The number of carbonyl (C=O) groups is 2. The van der Waals surface area contributed by atoms with Crippen molar-refractivity contribution < 1.29 is 24.2 Å². The number of hydrogen-bond acceptors (Lipinski definition) is 5. The molecule has 114 valence electrons. The first-order chi connectivity index (χ1) is 10.1. The largest absolute Gasteiger partial charge is 0.481 e. The van der Waals surface area contributed by atoms with Crippen LogP contribution in [0.15, 0.2) is 18.3 Å². The summed E-state index contributed by atoms with van der Waals surface area (Å²) < 4.78 is 10.2. The van der Waals surface area contributed by atoms with E-state index < -0.39 is 17.9 Å². The number of carboxylic acids is 1. The summed E-state index contributed by atoms with van der Waals surface area (Å²) in [6.07, 6.45) is 2.87. The number of carbonyl (C=O) groups excluding carboxylic acids is 1. The van der Waals surface area contributed by atoms with Crippen molar-refractivity contribution in [2.45, 2.75) is 18.9 Å². The molecule has 0 radical (unpaired) electrons. The molecule has 0 spiro atoms. The summed E-state index contributed by atoms with van der Waals surface area (Å²) in [6.45, 7) is 0.983. The molecule has 1 aromatic rings. The van der Waals surface area contributed by atoms with Crippen LogP contribution in [0.4, 0.5) is 0 Å². The van der Waals surface area contributed by atoms with Gasteiger partial charge in [0.1, 0.15) is 6.04 Å². The minimum absolute atomic E-state index is 0.216. The summed E-state index contributed by atoms with van der Waals surface area (Å²) >= 11 is 0. The molecule has 1 fully saturated rings. The maximum Gasteiger partial charge on any atom is 0.326 e. The van der Waals surface area contributed by atoms with E-state index >= 15 is 0 Å². The van der Waals surface area contributed by atoms with Gasteiger partial charge in [-0.3, -0.25) is 4.79 Å². The third-order valence-electron chi connectivity index (χ3n) is 3.43. The van der Waals surface area contributed by atoms with Crippen LogP contribution < -0.4 is 10.1 Å². The fraction of sp³-hybridized carbons (Fsp3) is 0.500. The van der Waals surface area contributed by atoms with E-state index in [2.05, 4.69) is 10.3 Å². The summed E-state index contributed by atoms with van der Waals surface area (Å²) in [5.74, 6) is -1.35. The Morgan fingerprint density at radius 1 is 1.52 bits per heavy atom. The van der Waals surface area contributed by atoms with E-state index in [1.165, 1.54) is 19.4 Å². The minimum atomic E-state index is -1.06. The molecule has 1 aliphatic heterocycles. The van der Waals surface area contributed by atoms with Gasteiger partial charge in [0.2, 0.25) is 5.88 Å². The molecular formula is C14H18N2O5. The lowest BCUT2D eigenvalue weighted by molar-refractivity contribution is -0.142. The number of rotatable bonds is 5. The molecule has 0 aliphatic carbocycles. The maximum absolute atomic E-state index is 12.1. The lowest BCUT2D eigenvalue weighted by atomic mass is 9.93. The van der Waals surface area contributed by atoms with Gasteiger partial charge in [-0.1, -0.05) is 0 Å². The number of nitrogens with one attached hydrogen (secondary N) is 1. The number of nitrogens with zero attached hydrogens (tertiary/aromatic N) is 1. The standard InChI is InChI=1S/C14H18N2O5/c1-20-11-5-4-9(7-15-11)13(17)16-12(14(18)19)10-3-2-6-21-8-10/h4-5,7,10,12H,2-3,6,8H2,1H3,(H,16,17)(H,18,19). The van der Waals surface area contributed by atoms with Crippen molar-refractivity contribution in [2.75, 3.05) is 20.3 Å². The summed E-state index contributed by atoms with van der Waals surface area (Å²) in [5.41, 5.74) is 0.291. The van der Waals surface area contributed by atoms with Gasteiger partial charge in [-0.25, -0.2) is 9.78 Å². The number of ether oxygens (including phenoxy) is 2. The number of methoxy groups -OCH3 is 1. The summed E-state index contributed by atoms with van der Waals surface area (Å²) in [7, 11) is 1.48. The first-order valence-corrected chi connectivity index (χ1v) is 6.73. The lowest BCUT2D eigenvalue weighted by Crippen LogP contribution is -2.48. The molecule has 1 saturated heterocycles. The predicted octanol–water partition coefficient (Wildman–Crippen LogP) is 0.700. The molecule has 7 heteroatoms. The Labute approximate surface area is 122 Å². The topological polar surface area (TPSA) is 97.8 Å². The first kappa shape index (κ1) is 15.2. The molecule has 0 aromatic carbocycles. The van der Waals surface area contributed by atoms with Crippen LogP contribution in [0.1, 0.15) is 23.2 Å². The van der Waals surface area contributed by atoms with Crippen LogP contribution in [0.2, 0.25) is 0 Å². The quantitative estimate of drug-likeness (QED) is 0.829.